The van der Waals surface area contributed by atoms with Gasteiger partial charge >= 0.3 is 0 Å². The first kappa shape index (κ1) is 11.0. The van der Waals surface area contributed by atoms with Crippen LogP contribution in [0.1, 0.15) is 12.5 Å². The minimum Gasteiger partial charge on any atom is -0.300 e. The normalized spacial score (nSPS) is 10.1. The largest absolute Gasteiger partial charge is 0.300 e. The van der Waals surface area contributed by atoms with Crippen LogP contribution in [0.25, 0.3) is 0 Å². The molecular formula is C10H11IOS. The van der Waals surface area contributed by atoms with Gasteiger partial charge in [-0.2, -0.15) is 0 Å². The maximum absolute atomic E-state index is 11.0. The molecule has 0 saturated carbocycles. The van der Waals surface area contributed by atoms with Gasteiger partial charge in [-0.3, -0.25) is 4.79 Å². The van der Waals surface area contributed by atoms with E-state index in [1.807, 2.05) is 12.1 Å². The molecule has 1 aromatic rings. The third kappa shape index (κ3) is 2.98. The molecule has 0 amide bonds. The van der Waals surface area contributed by atoms with E-state index in [1.54, 1.807) is 18.7 Å². The molecule has 0 atom stereocenters. The summed E-state index contributed by atoms with van der Waals surface area (Å²) in [5.41, 5.74) is 1.14. The Morgan fingerprint density at radius 1 is 1.54 bits per heavy atom. The van der Waals surface area contributed by atoms with Crippen molar-refractivity contribution in [2.45, 2.75) is 18.2 Å². The zero-order chi connectivity index (χ0) is 9.84. The fraction of sp³-hybridized carbons (Fsp3) is 0.300. The molecule has 0 N–H and O–H groups in total. The van der Waals surface area contributed by atoms with E-state index in [9.17, 15) is 4.79 Å². The standard InChI is InChI=1S/C10H11IOS/c1-7(12)6-8-4-3-5-9(13-2)10(8)11/h3-5H,6H2,1-2H3. The summed E-state index contributed by atoms with van der Waals surface area (Å²) in [6.07, 6.45) is 2.60. The van der Waals surface area contributed by atoms with Gasteiger partial charge in [0.1, 0.15) is 5.78 Å². The number of Topliss-reactive ketones (excluding diaryl/α,β-unsaturated/α-hetero) is 1. The first-order valence-corrected chi connectivity index (χ1v) is 6.26. The highest BCUT2D eigenvalue weighted by atomic mass is 127. The van der Waals surface area contributed by atoms with Gasteiger partial charge in [0.2, 0.25) is 0 Å². The van der Waals surface area contributed by atoms with Crippen LogP contribution in [0.5, 0.6) is 0 Å². The summed E-state index contributed by atoms with van der Waals surface area (Å²) in [7, 11) is 0. The second kappa shape index (κ2) is 5.00. The number of benzene rings is 1. The van der Waals surface area contributed by atoms with Gasteiger partial charge in [-0.05, 0) is 47.4 Å². The topological polar surface area (TPSA) is 17.1 Å². The Labute approximate surface area is 96.4 Å². The molecule has 0 unspecified atom stereocenters. The third-order valence-electron chi connectivity index (χ3n) is 1.70. The lowest BCUT2D eigenvalue weighted by atomic mass is 10.1. The molecule has 0 aromatic heterocycles. The number of carbonyl (C=O) groups is 1. The Morgan fingerprint density at radius 2 is 2.23 bits per heavy atom. The molecular weight excluding hydrogens is 295 g/mol. The van der Waals surface area contributed by atoms with Crippen molar-refractivity contribution in [3.05, 3.63) is 27.3 Å². The predicted molar refractivity (Wildman–Crippen MR) is 65.3 cm³/mol. The molecule has 70 valence electrons. The molecule has 0 bridgehead atoms. The second-order valence-electron chi connectivity index (χ2n) is 2.81. The van der Waals surface area contributed by atoms with Gasteiger partial charge in [0.25, 0.3) is 0 Å². The molecule has 0 aliphatic carbocycles. The molecule has 1 nitrogen and oxygen atoms in total. The highest BCUT2D eigenvalue weighted by Crippen LogP contribution is 2.25. The Bertz CT molecular complexity index is 323. The van der Waals surface area contributed by atoms with Gasteiger partial charge in [0.15, 0.2) is 0 Å². The number of ketones is 1. The first-order valence-electron chi connectivity index (χ1n) is 3.96. The van der Waals surface area contributed by atoms with Crippen LogP contribution < -0.4 is 0 Å². The molecule has 0 radical (unpaired) electrons. The molecule has 1 aromatic carbocycles. The third-order valence-corrected chi connectivity index (χ3v) is 4.12. The number of carbonyl (C=O) groups excluding carboxylic acids is 1. The lowest BCUT2D eigenvalue weighted by Gasteiger charge is -2.05. The van der Waals surface area contributed by atoms with Crippen molar-refractivity contribution >= 4 is 40.1 Å². The van der Waals surface area contributed by atoms with Crippen LogP contribution in [0.3, 0.4) is 0 Å². The summed E-state index contributed by atoms with van der Waals surface area (Å²) in [6, 6.07) is 6.10. The minimum absolute atomic E-state index is 0.219. The summed E-state index contributed by atoms with van der Waals surface area (Å²) >= 11 is 4.02. The van der Waals surface area contributed by atoms with Crippen LogP contribution in [0.15, 0.2) is 23.1 Å². The lowest BCUT2D eigenvalue weighted by molar-refractivity contribution is -0.116. The van der Waals surface area contributed by atoms with Gasteiger partial charge < -0.3 is 0 Å². The van der Waals surface area contributed by atoms with Gasteiger partial charge in [-0.1, -0.05) is 12.1 Å². The molecule has 0 saturated heterocycles. The van der Waals surface area contributed by atoms with Gasteiger partial charge in [-0.15, -0.1) is 11.8 Å². The Hall–Kier alpha value is -0.0300. The quantitative estimate of drug-likeness (QED) is 0.630. The Balaban J connectivity index is 3.01. The van der Waals surface area contributed by atoms with E-state index in [1.165, 1.54) is 8.47 Å². The number of thioether (sulfide) groups is 1. The van der Waals surface area contributed by atoms with Crippen molar-refractivity contribution in [3.63, 3.8) is 0 Å². The van der Waals surface area contributed by atoms with E-state index in [0.29, 0.717) is 6.42 Å². The smallest absolute Gasteiger partial charge is 0.134 e. The van der Waals surface area contributed by atoms with Crippen LogP contribution in [0.4, 0.5) is 0 Å². The zero-order valence-corrected chi connectivity index (χ0v) is 10.6. The van der Waals surface area contributed by atoms with Crippen molar-refractivity contribution < 1.29 is 4.79 Å². The van der Waals surface area contributed by atoms with E-state index >= 15 is 0 Å². The molecule has 13 heavy (non-hydrogen) atoms. The summed E-state index contributed by atoms with van der Waals surface area (Å²) in [5, 5.41) is 0. The SMILES string of the molecule is CSc1cccc(CC(C)=O)c1I. The molecule has 0 aliphatic rings. The fourth-order valence-electron chi connectivity index (χ4n) is 1.12. The number of hydrogen-bond acceptors (Lipinski definition) is 2. The molecule has 0 spiro atoms. The van der Waals surface area contributed by atoms with Crippen molar-refractivity contribution in [2.75, 3.05) is 6.26 Å². The second-order valence-corrected chi connectivity index (χ2v) is 4.74. The van der Waals surface area contributed by atoms with E-state index in [-0.39, 0.29) is 5.78 Å². The van der Waals surface area contributed by atoms with Crippen molar-refractivity contribution in [2.24, 2.45) is 0 Å². The van der Waals surface area contributed by atoms with E-state index < -0.39 is 0 Å². The maximum atomic E-state index is 11.0. The van der Waals surface area contributed by atoms with Gasteiger partial charge in [0, 0.05) is 14.9 Å². The van der Waals surface area contributed by atoms with Crippen LogP contribution in [-0.4, -0.2) is 12.0 Å². The molecule has 3 heteroatoms. The van der Waals surface area contributed by atoms with Crippen molar-refractivity contribution in [3.8, 4) is 0 Å². The molecule has 0 aliphatic heterocycles. The zero-order valence-electron chi connectivity index (χ0n) is 7.63. The minimum atomic E-state index is 0.219. The average Bonchev–Trinajstić information content (AvgIpc) is 2.08. The van der Waals surface area contributed by atoms with Crippen molar-refractivity contribution in [1.82, 2.24) is 0 Å². The first-order chi connectivity index (χ1) is 6.15. The molecule has 1 rings (SSSR count). The Kier molecular flexibility index (Phi) is 4.25. The van der Waals surface area contributed by atoms with Crippen LogP contribution in [-0.2, 0) is 11.2 Å². The Morgan fingerprint density at radius 3 is 2.77 bits per heavy atom. The highest BCUT2D eigenvalue weighted by molar-refractivity contribution is 14.1. The van der Waals surface area contributed by atoms with Gasteiger partial charge in [0.05, 0.1) is 0 Å². The monoisotopic (exact) mass is 306 g/mol. The lowest BCUT2D eigenvalue weighted by Crippen LogP contribution is -1.99. The number of hydrogen-bond donors (Lipinski definition) is 0. The summed E-state index contributed by atoms with van der Waals surface area (Å²) in [6.45, 7) is 1.63. The van der Waals surface area contributed by atoms with E-state index in [4.69, 9.17) is 0 Å². The highest BCUT2D eigenvalue weighted by Gasteiger charge is 2.05. The summed E-state index contributed by atoms with van der Waals surface area (Å²) < 4.78 is 1.21. The molecule has 0 fully saturated rings. The summed E-state index contributed by atoms with van der Waals surface area (Å²) in [5.74, 6) is 0.219. The fourth-order valence-corrected chi connectivity index (χ4v) is 2.85. The van der Waals surface area contributed by atoms with Crippen LogP contribution in [0.2, 0.25) is 0 Å². The summed E-state index contributed by atoms with van der Waals surface area (Å²) in [4.78, 5) is 12.2. The van der Waals surface area contributed by atoms with Crippen LogP contribution in [0, 0.1) is 3.57 Å². The van der Waals surface area contributed by atoms with E-state index in [0.717, 1.165) is 5.56 Å². The molecule has 0 heterocycles. The van der Waals surface area contributed by atoms with Gasteiger partial charge in [-0.25, -0.2) is 0 Å². The predicted octanol–water partition coefficient (Wildman–Crippen LogP) is 3.14. The van der Waals surface area contributed by atoms with E-state index in [2.05, 4.69) is 34.9 Å². The maximum Gasteiger partial charge on any atom is 0.134 e. The van der Waals surface area contributed by atoms with Crippen LogP contribution >= 0.6 is 34.4 Å². The average molecular weight is 306 g/mol. The van der Waals surface area contributed by atoms with Crippen molar-refractivity contribution in [1.29, 1.82) is 0 Å². The number of rotatable bonds is 3. The number of halogens is 1.